The zero-order chi connectivity index (χ0) is 13.4. The van der Waals surface area contributed by atoms with Crippen LogP contribution in [0.2, 0.25) is 5.02 Å². The summed E-state index contributed by atoms with van der Waals surface area (Å²) in [6, 6.07) is 5.87. The van der Waals surface area contributed by atoms with Gasteiger partial charge in [-0.25, -0.2) is 0 Å². The number of carbonyl (C=O) groups excluding carboxylic acids is 1. The molecule has 3 rings (SSSR count). The lowest BCUT2D eigenvalue weighted by molar-refractivity contribution is 0.101. The van der Waals surface area contributed by atoms with Gasteiger partial charge in [-0.3, -0.25) is 4.79 Å². The van der Waals surface area contributed by atoms with Gasteiger partial charge >= 0.3 is 0 Å². The number of ketones is 1. The summed E-state index contributed by atoms with van der Waals surface area (Å²) in [5.41, 5.74) is 1.80. The molecule has 2 unspecified atom stereocenters. The lowest BCUT2D eigenvalue weighted by Gasteiger charge is -2.42. The SMILES string of the molecule is CC(=O)c1ccc(N2CC3CCCC(C3)C2)cc1Cl. The van der Waals surface area contributed by atoms with Crippen LogP contribution in [0.15, 0.2) is 18.2 Å². The summed E-state index contributed by atoms with van der Waals surface area (Å²) in [5.74, 6) is 1.73. The molecule has 2 aliphatic rings. The number of nitrogens with zero attached hydrogens (tertiary/aromatic N) is 1. The Morgan fingerprint density at radius 3 is 2.53 bits per heavy atom. The van der Waals surface area contributed by atoms with Crippen molar-refractivity contribution in [1.82, 2.24) is 0 Å². The van der Waals surface area contributed by atoms with Crippen LogP contribution in [-0.2, 0) is 0 Å². The summed E-state index contributed by atoms with van der Waals surface area (Å²) >= 11 is 6.22. The number of piperidine rings is 1. The molecule has 0 N–H and O–H groups in total. The molecular formula is C16H20ClNO. The molecule has 19 heavy (non-hydrogen) atoms. The monoisotopic (exact) mass is 277 g/mol. The van der Waals surface area contributed by atoms with Crippen LogP contribution in [0.3, 0.4) is 0 Å². The van der Waals surface area contributed by atoms with Gasteiger partial charge in [0.1, 0.15) is 0 Å². The van der Waals surface area contributed by atoms with Crippen LogP contribution in [0.5, 0.6) is 0 Å². The highest BCUT2D eigenvalue weighted by molar-refractivity contribution is 6.34. The second-order valence-corrected chi connectivity index (χ2v) is 6.43. The predicted octanol–water partition coefficient (Wildman–Crippen LogP) is 4.17. The van der Waals surface area contributed by atoms with Crippen molar-refractivity contribution >= 4 is 23.1 Å². The van der Waals surface area contributed by atoms with Crippen molar-refractivity contribution in [2.45, 2.75) is 32.6 Å². The highest BCUT2D eigenvalue weighted by Gasteiger charge is 2.30. The van der Waals surface area contributed by atoms with Crippen molar-refractivity contribution in [2.75, 3.05) is 18.0 Å². The van der Waals surface area contributed by atoms with Crippen molar-refractivity contribution in [3.05, 3.63) is 28.8 Å². The lowest BCUT2D eigenvalue weighted by atomic mass is 9.78. The van der Waals surface area contributed by atoms with E-state index in [1.165, 1.54) is 31.4 Å². The smallest absolute Gasteiger partial charge is 0.161 e. The number of hydrogen-bond donors (Lipinski definition) is 0. The van der Waals surface area contributed by atoms with E-state index in [2.05, 4.69) is 4.90 Å². The summed E-state index contributed by atoms with van der Waals surface area (Å²) in [4.78, 5) is 13.9. The number of carbonyl (C=O) groups is 1. The third kappa shape index (κ3) is 2.64. The van der Waals surface area contributed by atoms with Crippen molar-refractivity contribution in [1.29, 1.82) is 0 Å². The Balaban J connectivity index is 1.82. The van der Waals surface area contributed by atoms with Crippen molar-refractivity contribution in [3.8, 4) is 0 Å². The fourth-order valence-electron chi connectivity index (χ4n) is 3.63. The minimum atomic E-state index is 0.0343. The molecule has 1 aromatic carbocycles. The highest BCUT2D eigenvalue weighted by Crippen LogP contribution is 2.37. The van der Waals surface area contributed by atoms with Crippen LogP contribution in [0.25, 0.3) is 0 Å². The quantitative estimate of drug-likeness (QED) is 0.756. The molecule has 2 nitrogen and oxygen atoms in total. The first-order valence-corrected chi connectivity index (χ1v) is 7.56. The minimum absolute atomic E-state index is 0.0343. The van der Waals surface area contributed by atoms with Crippen LogP contribution in [0.1, 0.15) is 43.0 Å². The van der Waals surface area contributed by atoms with Gasteiger partial charge in [-0.05, 0) is 56.2 Å². The summed E-state index contributed by atoms with van der Waals surface area (Å²) in [6.45, 7) is 3.85. The van der Waals surface area contributed by atoms with Gasteiger partial charge in [0.25, 0.3) is 0 Å². The zero-order valence-electron chi connectivity index (χ0n) is 11.4. The first kappa shape index (κ1) is 13.0. The third-order valence-corrected chi connectivity index (χ3v) is 4.86. The Kier molecular flexibility index (Phi) is 3.53. The average Bonchev–Trinajstić information content (AvgIpc) is 2.37. The molecule has 1 aromatic rings. The van der Waals surface area contributed by atoms with Gasteiger partial charge in [-0.15, -0.1) is 0 Å². The summed E-state index contributed by atoms with van der Waals surface area (Å²) < 4.78 is 0. The first-order valence-electron chi connectivity index (χ1n) is 7.19. The molecule has 3 heteroatoms. The van der Waals surface area contributed by atoms with E-state index in [1.54, 1.807) is 6.92 Å². The molecule has 0 spiro atoms. The molecule has 1 aliphatic carbocycles. The molecule has 0 amide bonds. The molecule has 2 atom stereocenters. The molecule has 0 radical (unpaired) electrons. The molecular weight excluding hydrogens is 258 g/mol. The highest BCUT2D eigenvalue weighted by atomic mass is 35.5. The van der Waals surface area contributed by atoms with Crippen LogP contribution in [-0.4, -0.2) is 18.9 Å². The van der Waals surface area contributed by atoms with E-state index in [4.69, 9.17) is 11.6 Å². The predicted molar refractivity (Wildman–Crippen MR) is 79.1 cm³/mol. The molecule has 1 heterocycles. The third-order valence-electron chi connectivity index (χ3n) is 4.55. The van der Waals surface area contributed by atoms with E-state index in [0.717, 1.165) is 24.9 Å². The molecule has 2 bridgehead atoms. The maximum Gasteiger partial charge on any atom is 0.161 e. The second kappa shape index (κ2) is 5.16. The van der Waals surface area contributed by atoms with Gasteiger partial charge < -0.3 is 4.90 Å². The molecule has 0 aromatic heterocycles. The van der Waals surface area contributed by atoms with E-state index in [0.29, 0.717) is 10.6 Å². The Morgan fingerprint density at radius 1 is 1.26 bits per heavy atom. The van der Waals surface area contributed by atoms with E-state index in [-0.39, 0.29) is 5.78 Å². The number of rotatable bonds is 2. The van der Waals surface area contributed by atoms with Crippen LogP contribution < -0.4 is 4.90 Å². The van der Waals surface area contributed by atoms with Gasteiger partial charge in [-0.2, -0.15) is 0 Å². The van der Waals surface area contributed by atoms with Crippen LogP contribution in [0.4, 0.5) is 5.69 Å². The van der Waals surface area contributed by atoms with Gasteiger partial charge in [-0.1, -0.05) is 18.0 Å². The van der Waals surface area contributed by atoms with Gasteiger partial charge in [0, 0.05) is 24.3 Å². The van der Waals surface area contributed by atoms with Gasteiger partial charge in [0.15, 0.2) is 5.78 Å². The van der Waals surface area contributed by atoms with E-state index < -0.39 is 0 Å². The zero-order valence-corrected chi connectivity index (χ0v) is 12.1. The largest absolute Gasteiger partial charge is 0.371 e. The van der Waals surface area contributed by atoms with E-state index in [9.17, 15) is 4.79 Å². The maximum atomic E-state index is 11.4. The van der Waals surface area contributed by atoms with Crippen molar-refractivity contribution in [3.63, 3.8) is 0 Å². The lowest BCUT2D eigenvalue weighted by Crippen LogP contribution is -2.42. The Hall–Kier alpha value is -1.02. The Labute approximate surface area is 119 Å². The molecule has 2 fully saturated rings. The fraction of sp³-hybridized carbons (Fsp3) is 0.562. The molecule has 1 saturated carbocycles. The number of benzene rings is 1. The topological polar surface area (TPSA) is 20.3 Å². The molecule has 102 valence electrons. The number of fused-ring (bicyclic) bond motifs is 2. The standard InChI is InChI=1S/C16H20ClNO/c1-11(19)15-6-5-14(8-16(15)17)18-9-12-3-2-4-13(7-12)10-18/h5-6,8,12-13H,2-4,7,9-10H2,1H3. The minimum Gasteiger partial charge on any atom is -0.371 e. The normalized spacial score (nSPS) is 26.3. The first-order chi connectivity index (χ1) is 9.13. The molecule has 1 aliphatic heterocycles. The van der Waals surface area contributed by atoms with Crippen molar-refractivity contribution < 1.29 is 4.79 Å². The number of halogens is 1. The summed E-state index contributed by atoms with van der Waals surface area (Å²) in [6.07, 6.45) is 5.53. The van der Waals surface area contributed by atoms with Crippen molar-refractivity contribution in [2.24, 2.45) is 11.8 Å². The van der Waals surface area contributed by atoms with E-state index >= 15 is 0 Å². The second-order valence-electron chi connectivity index (χ2n) is 6.02. The fourth-order valence-corrected chi connectivity index (χ4v) is 3.94. The maximum absolute atomic E-state index is 11.4. The van der Waals surface area contributed by atoms with E-state index in [1.807, 2.05) is 18.2 Å². The summed E-state index contributed by atoms with van der Waals surface area (Å²) in [7, 11) is 0. The Morgan fingerprint density at radius 2 is 1.95 bits per heavy atom. The number of Topliss-reactive ketones (excluding diaryl/α,β-unsaturated/α-hetero) is 1. The molecule has 1 saturated heterocycles. The summed E-state index contributed by atoms with van der Waals surface area (Å²) in [5, 5.41) is 0.584. The van der Waals surface area contributed by atoms with Crippen LogP contribution >= 0.6 is 11.6 Å². The van der Waals surface area contributed by atoms with Crippen LogP contribution in [0, 0.1) is 11.8 Å². The Bertz CT molecular complexity index is 488. The van der Waals surface area contributed by atoms with Gasteiger partial charge in [0.2, 0.25) is 0 Å². The van der Waals surface area contributed by atoms with Gasteiger partial charge in [0.05, 0.1) is 5.02 Å². The number of anilines is 1. The average molecular weight is 278 g/mol. The number of hydrogen-bond acceptors (Lipinski definition) is 2.